The zero-order valence-corrected chi connectivity index (χ0v) is 10.6. The van der Waals surface area contributed by atoms with E-state index < -0.39 is 0 Å². The van der Waals surface area contributed by atoms with Gasteiger partial charge in [0.15, 0.2) is 6.29 Å². The molecular weight excluding hydrogens is 282 g/mol. The van der Waals surface area contributed by atoms with Crippen molar-refractivity contribution in [2.45, 2.75) is 0 Å². The first-order valence-electron chi connectivity index (χ1n) is 4.54. The van der Waals surface area contributed by atoms with Crippen molar-refractivity contribution in [3.05, 3.63) is 45.3 Å². The van der Waals surface area contributed by atoms with E-state index in [-0.39, 0.29) is 5.02 Å². The van der Waals surface area contributed by atoms with E-state index in [4.69, 9.17) is 34.8 Å². The third-order valence-corrected chi connectivity index (χ3v) is 3.27. The molecule has 1 aromatic heterocycles. The summed E-state index contributed by atoms with van der Waals surface area (Å²) >= 11 is 18.0. The predicted molar refractivity (Wildman–Crippen MR) is 67.9 cm³/mol. The molecule has 0 fully saturated rings. The Kier molecular flexibility index (Phi) is 3.62. The summed E-state index contributed by atoms with van der Waals surface area (Å²) in [7, 11) is 0. The maximum atomic E-state index is 10.9. The minimum Gasteiger partial charge on any atom is -0.298 e. The van der Waals surface area contributed by atoms with Gasteiger partial charge in [0.1, 0.15) is 6.33 Å². The van der Waals surface area contributed by atoms with Crippen molar-refractivity contribution in [3.8, 4) is 11.3 Å². The summed E-state index contributed by atoms with van der Waals surface area (Å²) in [5.41, 5.74) is 1.11. The Morgan fingerprint density at radius 3 is 2.53 bits per heavy atom. The van der Waals surface area contributed by atoms with E-state index in [2.05, 4.69) is 9.97 Å². The SMILES string of the molecule is O=Cc1cncnc1-c1c(Cl)ccc(Cl)c1Cl. The van der Waals surface area contributed by atoms with Gasteiger partial charge in [-0.2, -0.15) is 0 Å². The topological polar surface area (TPSA) is 42.9 Å². The smallest absolute Gasteiger partial charge is 0.153 e. The average molecular weight is 288 g/mol. The van der Waals surface area contributed by atoms with Gasteiger partial charge in [-0.25, -0.2) is 9.97 Å². The fourth-order valence-corrected chi connectivity index (χ4v) is 2.09. The molecular formula is C11H5Cl3N2O. The van der Waals surface area contributed by atoms with Gasteiger partial charge >= 0.3 is 0 Å². The lowest BCUT2D eigenvalue weighted by atomic mass is 10.1. The average Bonchev–Trinajstić information content (AvgIpc) is 2.35. The monoisotopic (exact) mass is 286 g/mol. The molecule has 0 unspecified atom stereocenters. The van der Waals surface area contributed by atoms with Crippen molar-refractivity contribution in [2.24, 2.45) is 0 Å². The summed E-state index contributed by atoms with van der Waals surface area (Å²) < 4.78 is 0. The van der Waals surface area contributed by atoms with Crippen molar-refractivity contribution in [2.75, 3.05) is 0 Å². The number of aldehydes is 1. The molecule has 0 aliphatic carbocycles. The number of nitrogens with zero attached hydrogens (tertiary/aromatic N) is 2. The zero-order chi connectivity index (χ0) is 12.4. The van der Waals surface area contributed by atoms with E-state index in [0.29, 0.717) is 33.2 Å². The van der Waals surface area contributed by atoms with Crippen molar-refractivity contribution in [1.29, 1.82) is 0 Å². The molecule has 0 spiro atoms. The molecule has 0 saturated heterocycles. The Hall–Kier alpha value is -1.16. The first-order chi connectivity index (χ1) is 8.15. The van der Waals surface area contributed by atoms with Crippen molar-refractivity contribution in [3.63, 3.8) is 0 Å². The highest BCUT2D eigenvalue weighted by molar-refractivity contribution is 6.46. The lowest BCUT2D eigenvalue weighted by Gasteiger charge is -2.08. The van der Waals surface area contributed by atoms with Gasteiger partial charge in [-0.3, -0.25) is 4.79 Å². The number of hydrogen-bond acceptors (Lipinski definition) is 3. The lowest BCUT2D eigenvalue weighted by Crippen LogP contribution is -1.94. The summed E-state index contributed by atoms with van der Waals surface area (Å²) in [6, 6.07) is 3.18. The van der Waals surface area contributed by atoms with Crippen LogP contribution in [0.3, 0.4) is 0 Å². The molecule has 3 nitrogen and oxygen atoms in total. The predicted octanol–water partition coefficient (Wildman–Crippen LogP) is 3.92. The Bertz CT molecular complexity index is 587. The van der Waals surface area contributed by atoms with E-state index >= 15 is 0 Å². The van der Waals surface area contributed by atoms with Crippen LogP contribution >= 0.6 is 34.8 Å². The van der Waals surface area contributed by atoms with Crippen LogP contribution in [-0.4, -0.2) is 16.3 Å². The second-order valence-electron chi connectivity index (χ2n) is 3.16. The number of rotatable bonds is 2. The first kappa shape index (κ1) is 12.3. The van der Waals surface area contributed by atoms with E-state index in [0.717, 1.165) is 0 Å². The van der Waals surface area contributed by atoms with Gasteiger partial charge < -0.3 is 0 Å². The normalized spacial score (nSPS) is 10.3. The van der Waals surface area contributed by atoms with Crippen LogP contribution in [0.15, 0.2) is 24.7 Å². The number of hydrogen-bond donors (Lipinski definition) is 0. The largest absolute Gasteiger partial charge is 0.298 e. The van der Waals surface area contributed by atoms with Gasteiger partial charge in [0, 0.05) is 11.8 Å². The molecule has 86 valence electrons. The van der Waals surface area contributed by atoms with Crippen LogP contribution in [0.4, 0.5) is 0 Å². The summed E-state index contributed by atoms with van der Waals surface area (Å²) in [4.78, 5) is 18.7. The van der Waals surface area contributed by atoms with Gasteiger partial charge in [-0.15, -0.1) is 0 Å². The first-order valence-corrected chi connectivity index (χ1v) is 5.67. The quantitative estimate of drug-likeness (QED) is 0.621. The number of halogens is 3. The van der Waals surface area contributed by atoms with Gasteiger partial charge in [0.25, 0.3) is 0 Å². The third-order valence-electron chi connectivity index (χ3n) is 2.15. The molecule has 0 radical (unpaired) electrons. The highest BCUT2D eigenvalue weighted by Crippen LogP contribution is 2.38. The molecule has 2 rings (SSSR count). The number of carbonyl (C=O) groups excluding carboxylic acids is 1. The van der Waals surface area contributed by atoms with Gasteiger partial charge in [-0.05, 0) is 12.1 Å². The zero-order valence-electron chi connectivity index (χ0n) is 8.32. The Labute approximate surface area is 112 Å². The van der Waals surface area contributed by atoms with Crippen LogP contribution in [0.1, 0.15) is 10.4 Å². The molecule has 0 saturated carbocycles. The number of aromatic nitrogens is 2. The Morgan fingerprint density at radius 2 is 1.82 bits per heavy atom. The molecule has 2 aromatic rings. The minimum atomic E-state index is 0.265. The Morgan fingerprint density at radius 1 is 1.12 bits per heavy atom. The molecule has 0 aliphatic heterocycles. The van der Waals surface area contributed by atoms with E-state index in [1.807, 2.05) is 0 Å². The molecule has 1 aromatic carbocycles. The highest BCUT2D eigenvalue weighted by Gasteiger charge is 2.16. The van der Waals surface area contributed by atoms with Gasteiger partial charge in [0.05, 0.1) is 26.3 Å². The van der Waals surface area contributed by atoms with E-state index in [9.17, 15) is 4.79 Å². The second kappa shape index (κ2) is 5.00. The molecule has 0 N–H and O–H groups in total. The van der Waals surface area contributed by atoms with Crippen molar-refractivity contribution in [1.82, 2.24) is 9.97 Å². The molecule has 0 amide bonds. The molecule has 6 heteroatoms. The molecule has 17 heavy (non-hydrogen) atoms. The van der Waals surface area contributed by atoms with E-state index in [1.165, 1.54) is 12.5 Å². The highest BCUT2D eigenvalue weighted by atomic mass is 35.5. The van der Waals surface area contributed by atoms with Crippen molar-refractivity contribution >= 4 is 41.1 Å². The number of benzene rings is 1. The van der Waals surface area contributed by atoms with Gasteiger partial charge in [-0.1, -0.05) is 34.8 Å². The minimum absolute atomic E-state index is 0.265. The fourth-order valence-electron chi connectivity index (χ4n) is 1.38. The van der Waals surface area contributed by atoms with Gasteiger partial charge in [0.2, 0.25) is 0 Å². The Balaban J connectivity index is 2.76. The maximum absolute atomic E-state index is 10.9. The summed E-state index contributed by atoms with van der Waals surface area (Å²) in [6.07, 6.45) is 3.35. The van der Waals surface area contributed by atoms with Crippen LogP contribution in [0, 0.1) is 0 Å². The van der Waals surface area contributed by atoms with Crippen molar-refractivity contribution < 1.29 is 4.79 Å². The molecule has 0 aliphatic rings. The maximum Gasteiger partial charge on any atom is 0.153 e. The van der Waals surface area contributed by atoms with E-state index in [1.54, 1.807) is 12.1 Å². The standard InChI is InChI=1S/C11H5Cl3N2O/c12-7-1-2-8(13)10(14)9(7)11-6(4-17)3-15-5-16-11/h1-5H. The number of carbonyl (C=O) groups is 1. The second-order valence-corrected chi connectivity index (χ2v) is 4.36. The summed E-state index contributed by atoms with van der Waals surface area (Å²) in [5, 5.41) is 0.990. The summed E-state index contributed by atoms with van der Waals surface area (Å²) in [5.74, 6) is 0. The van der Waals surface area contributed by atoms with Crippen LogP contribution in [-0.2, 0) is 0 Å². The lowest BCUT2D eigenvalue weighted by molar-refractivity contribution is 0.112. The fraction of sp³-hybridized carbons (Fsp3) is 0. The van der Waals surface area contributed by atoms with Crippen LogP contribution in [0.2, 0.25) is 15.1 Å². The van der Waals surface area contributed by atoms with Crippen LogP contribution < -0.4 is 0 Å². The third kappa shape index (κ3) is 2.27. The molecule has 0 atom stereocenters. The molecule has 0 bridgehead atoms. The molecule has 1 heterocycles. The van der Waals surface area contributed by atoms with Crippen LogP contribution in [0.25, 0.3) is 11.3 Å². The summed E-state index contributed by atoms with van der Waals surface area (Å²) in [6.45, 7) is 0. The van der Waals surface area contributed by atoms with Crippen LogP contribution in [0.5, 0.6) is 0 Å².